The zero-order chi connectivity index (χ0) is 20.7. The standard InChI is InChI=1S/C25H26N2O3/c1-17-8-10-19(11-9-17)22-23(26-13-12-18-5-2-3-6-20(18)15-26)25(29)27(24(22)28)16-21-7-4-14-30-21/h2-3,5-6,8-11,21H,4,7,12-16H2,1H3. The molecule has 5 nitrogen and oxygen atoms in total. The zero-order valence-electron chi connectivity index (χ0n) is 17.3. The van der Waals surface area contributed by atoms with Crippen molar-refractivity contribution >= 4 is 17.4 Å². The number of imide groups is 1. The van der Waals surface area contributed by atoms with Gasteiger partial charge in [0.1, 0.15) is 5.70 Å². The van der Waals surface area contributed by atoms with E-state index in [9.17, 15) is 9.59 Å². The van der Waals surface area contributed by atoms with Crippen LogP contribution in [0.15, 0.2) is 54.2 Å². The summed E-state index contributed by atoms with van der Waals surface area (Å²) in [5.74, 6) is -0.390. The van der Waals surface area contributed by atoms with Gasteiger partial charge in [-0.2, -0.15) is 0 Å². The summed E-state index contributed by atoms with van der Waals surface area (Å²) in [6, 6.07) is 16.2. The minimum atomic E-state index is -0.201. The summed E-state index contributed by atoms with van der Waals surface area (Å²) in [5, 5.41) is 0. The Morgan fingerprint density at radius 2 is 1.77 bits per heavy atom. The van der Waals surface area contributed by atoms with E-state index in [0.717, 1.165) is 36.9 Å². The van der Waals surface area contributed by atoms with Gasteiger partial charge in [-0.1, -0.05) is 54.1 Å². The molecular weight excluding hydrogens is 376 g/mol. The number of benzene rings is 2. The van der Waals surface area contributed by atoms with Crippen molar-refractivity contribution in [3.63, 3.8) is 0 Å². The largest absolute Gasteiger partial charge is 0.376 e. The molecule has 1 atom stereocenters. The van der Waals surface area contributed by atoms with Gasteiger partial charge < -0.3 is 9.64 Å². The van der Waals surface area contributed by atoms with Crippen molar-refractivity contribution in [3.05, 3.63) is 76.5 Å². The number of fused-ring (bicyclic) bond motifs is 1. The molecule has 154 valence electrons. The number of carbonyl (C=O) groups is 2. The van der Waals surface area contributed by atoms with E-state index in [1.807, 2.05) is 37.3 Å². The van der Waals surface area contributed by atoms with Gasteiger partial charge in [-0.25, -0.2) is 0 Å². The van der Waals surface area contributed by atoms with E-state index in [2.05, 4.69) is 23.1 Å². The van der Waals surface area contributed by atoms with Gasteiger partial charge in [0.2, 0.25) is 0 Å². The highest BCUT2D eigenvalue weighted by Gasteiger charge is 2.43. The van der Waals surface area contributed by atoms with Gasteiger partial charge in [0.25, 0.3) is 11.8 Å². The SMILES string of the molecule is Cc1ccc(C2=C(N3CCc4ccccc4C3)C(=O)N(CC3CCCO3)C2=O)cc1. The average Bonchev–Trinajstić information content (AvgIpc) is 3.36. The Morgan fingerprint density at radius 1 is 1.00 bits per heavy atom. The summed E-state index contributed by atoms with van der Waals surface area (Å²) in [6.07, 6.45) is 2.69. The maximum Gasteiger partial charge on any atom is 0.277 e. The van der Waals surface area contributed by atoms with Crippen molar-refractivity contribution in [2.75, 3.05) is 19.7 Å². The van der Waals surface area contributed by atoms with Gasteiger partial charge in [0, 0.05) is 19.7 Å². The molecule has 0 saturated carbocycles. The third kappa shape index (κ3) is 3.33. The van der Waals surface area contributed by atoms with Crippen molar-refractivity contribution in [3.8, 4) is 0 Å². The van der Waals surface area contributed by atoms with E-state index in [4.69, 9.17) is 4.74 Å². The Morgan fingerprint density at radius 3 is 2.50 bits per heavy atom. The van der Waals surface area contributed by atoms with Crippen molar-refractivity contribution in [1.29, 1.82) is 0 Å². The molecule has 1 unspecified atom stereocenters. The Balaban J connectivity index is 1.53. The number of aryl methyl sites for hydroxylation is 1. The summed E-state index contributed by atoms with van der Waals surface area (Å²) in [4.78, 5) is 30.5. The molecule has 1 fully saturated rings. The topological polar surface area (TPSA) is 49.9 Å². The molecule has 0 radical (unpaired) electrons. The fourth-order valence-corrected chi connectivity index (χ4v) is 4.68. The van der Waals surface area contributed by atoms with Crippen LogP contribution in [0.5, 0.6) is 0 Å². The first-order valence-corrected chi connectivity index (χ1v) is 10.7. The molecular formula is C25H26N2O3. The van der Waals surface area contributed by atoms with Gasteiger partial charge in [-0.15, -0.1) is 0 Å². The number of hydrogen-bond donors (Lipinski definition) is 0. The lowest BCUT2D eigenvalue weighted by molar-refractivity contribution is -0.139. The molecule has 2 amide bonds. The van der Waals surface area contributed by atoms with Crippen LogP contribution in [0.4, 0.5) is 0 Å². The second kappa shape index (κ2) is 7.73. The van der Waals surface area contributed by atoms with E-state index < -0.39 is 0 Å². The van der Waals surface area contributed by atoms with E-state index >= 15 is 0 Å². The highest BCUT2D eigenvalue weighted by molar-refractivity contribution is 6.35. The van der Waals surface area contributed by atoms with Gasteiger partial charge in [-0.05, 0) is 42.9 Å². The summed E-state index contributed by atoms with van der Waals surface area (Å²) in [6.45, 7) is 4.43. The highest BCUT2D eigenvalue weighted by Crippen LogP contribution is 2.35. The molecule has 0 N–H and O–H groups in total. The van der Waals surface area contributed by atoms with Crippen molar-refractivity contribution in [2.45, 2.75) is 38.8 Å². The fourth-order valence-electron chi connectivity index (χ4n) is 4.68. The van der Waals surface area contributed by atoms with Crippen LogP contribution in [-0.4, -0.2) is 47.4 Å². The van der Waals surface area contributed by atoms with E-state index in [0.29, 0.717) is 31.0 Å². The number of rotatable bonds is 4. The first-order valence-electron chi connectivity index (χ1n) is 10.7. The van der Waals surface area contributed by atoms with Gasteiger partial charge >= 0.3 is 0 Å². The van der Waals surface area contributed by atoms with Gasteiger partial charge in [0.15, 0.2) is 0 Å². The monoisotopic (exact) mass is 402 g/mol. The lowest BCUT2D eigenvalue weighted by atomic mass is 9.97. The van der Waals surface area contributed by atoms with Crippen LogP contribution in [0.25, 0.3) is 5.57 Å². The minimum Gasteiger partial charge on any atom is -0.376 e. The number of ether oxygens (including phenoxy) is 1. The van der Waals surface area contributed by atoms with Crippen molar-refractivity contribution < 1.29 is 14.3 Å². The molecule has 1 saturated heterocycles. The predicted molar refractivity (Wildman–Crippen MR) is 114 cm³/mol. The third-order valence-electron chi connectivity index (χ3n) is 6.34. The number of hydrogen-bond acceptors (Lipinski definition) is 4. The molecule has 3 aliphatic rings. The molecule has 30 heavy (non-hydrogen) atoms. The Hall–Kier alpha value is -2.92. The molecule has 2 aromatic carbocycles. The summed E-state index contributed by atoms with van der Waals surface area (Å²) < 4.78 is 5.72. The molecule has 3 aliphatic heterocycles. The third-order valence-corrected chi connectivity index (χ3v) is 6.34. The first kappa shape index (κ1) is 19.1. The number of carbonyl (C=O) groups excluding carboxylic acids is 2. The van der Waals surface area contributed by atoms with E-state index in [1.165, 1.54) is 16.0 Å². The second-order valence-corrected chi connectivity index (χ2v) is 8.39. The summed E-state index contributed by atoms with van der Waals surface area (Å²) in [7, 11) is 0. The van der Waals surface area contributed by atoms with Crippen LogP contribution in [0, 0.1) is 6.92 Å². The zero-order valence-corrected chi connectivity index (χ0v) is 17.3. The number of nitrogens with zero attached hydrogens (tertiary/aromatic N) is 2. The Kier molecular flexibility index (Phi) is 4.91. The van der Waals surface area contributed by atoms with Crippen LogP contribution in [0.2, 0.25) is 0 Å². The molecule has 5 heteroatoms. The molecule has 0 bridgehead atoms. The van der Waals surface area contributed by atoms with Crippen molar-refractivity contribution in [1.82, 2.24) is 9.80 Å². The lowest BCUT2D eigenvalue weighted by Gasteiger charge is -2.31. The van der Waals surface area contributed by atoms with Crippen LogP contribution >= 0.6 is 0 Å². The smallest absolute Gasteiger partial charge is 0.277 e. The minimum absolute atomic E-state index is 0.0569. The second-order valence-electron chi connectivity index (χ2n) is 8.39. The normalized spacial score (nSPS) is 21.6. The Labute approximate surface area is 176 Å². The number of amides is 2. The molecule has 0 aliphatic carbocycles. The maximum atomic E-state index is 13.5. The first-order chi connectivity index (χ1) is 14.6. The average molecular weight is 402 g/mol. The summed E-state index contributed by atoms with van der Waals surface area (Å²) in [5.41, 5.74) is 5.54. The maximum absolute atomic E-state index is 13.5. The molecule has 0 spiro atoms. The van der Waals surface area contributed by atoms with Gasteiger partial charge in [0.05, 0.1) is 18.2 Å². The van der Waals surface area contributed by atoms with Crippen LogP contribution in [0.3, 0.4) is 0 Å². The molecule has 2 aromatic rings. The van der Waals surface area contributed by atoms with E-state index in [1.54, 1.807) is 0 Å². The molecule has 0 aromatic heterocycles. The lowest BCUT2D eigenvalue weighted by Crippen LogP contribution is -2.40. The van der Waals surface area contributed by atoms with E-state index in [-0.39, 0.29) is 17.9 Å². The summed E-state index contributed by atoms with van der Waals surface area (Å²) >= 11 is 0. The highest BCUT2D eigenvalue weighted by atomic mass is 16.5. The quantitative estimate of drug-likeness (QED) is 0.737. The van der Waals surface area contributed by atoms with Crippen LogP contribution < -0.4 is 0 Å². The fraction of sp³-hybridized carbons (Fsp3) is 0.360. The molecule has 5 rings (SSSR count). The van der Waals surface area contributed by atoms with Crippen LogP contribution in [0.1, 0.15) is 35.1 Å². The van der Waals surface area contributed by atoms with Gasteiger partial charge in [-0.3, -0.25) is 14.5 Å². The van der Waals surface area contributed by atoms with Crippen molar-refractivity contribution in [2.24, 2.45) is 0 Å². The molecule has 3 heterocycles. The predicted octanol–water partition coefficient (Wildman–Crippen LogP) is 3.31. The van der Waals surface area contributed by atoms with Crippen LogP contribution in [-0.2, 0) is 27.3 Å². The Bertz CT molecular complexity index is 1020.